The van der Waals surface area contributed by atoms with Crippen molar-refractivity contribution in [2.24, 2.45) is 5.92 Å². The number of benzene rings is 1. The second kappa shape index (κ2) is 6.00. The van der Waals surface area contributed by atoms with Crippen LogP contribution in [0.25, 0.3) is 10.4 Å². The second-order valence-electron chi connectivity index (χ2n) is 5.53. The molecule has 2 aromatic rings. The van der Waals surface area contributed by atoms with E-state index in [0.717, 1.165) is 16.9 Å². The zero-order chi connectivity index (χ0) is 14.1. The summed E-state index contributed by atoms with van der Waals surface area (Å²) < 4.78 is 1.15. The zero-order valence-corrected chi connectivity index (χ0v) is 14.4. The summed E-state index contributed by atoms with van der Waals surface area (Å²) in [5.41, 5.74) is 2.69. The van der Waals surface area contributed by atoms with E-state index in [1.165, 1.54) is 33.7 Å². The summed E-state index contributed by atoms with van der Waals surface area (Å²) in [6.45, 7) is 5.43. The molecule has 106 valence electrons. The van der Waals surface area contributed by atoms with Crippen LogP contribution in [0.5, 0.6) is 0 Å². The van der Waals surface area contributed by atoms with Gasteiger partial charge in [-0.05, 0) is 67.6 Å². The molecule has 1 aromatic heterocycles. The molecule has 0 radical (unpaired) electrons. The van der Waals surface area contributed by atoms with Crippen LogP contribution >= 0.6 is 27.3 Å². The highest BCUT2D eigenvalue weighted by atomic mass is 79.9. The maximum absolute atomic E-state index is 3.65. The Balaban J connectivity index is 1.89. The number of thiophene rings is 1. The van der Waals surface area contributed by atoms with Gasteiger partial charge in [0.05, 0.1) is 0 Å². The lowest BCUT2D eigenvalue weighted by Crippen LogP contribution is -2.21. The fourth-order valence-electron chi connectivity index (χ4n) is 2.72. The van der Waals surface area contributed by atoms with Crippen molar-refractivity contribution in [3.8, 4) is 10.4 Å². The number of hydrogen-bond acceptors (Lipinski definition) is 2. The van der Waals surface area contributed by atoms with E-state index in [2.05, 4.69) is 65.4 Å². The van der Waals surface area contributed by atoms with Crippen molar-refractivity contribution in [1.82, 2.24) is 5.32 Å². The number of nitrogens with one attached hydrogen (secondary N) is 1. The molecule has 0 aliphatic heterocycles. The maximum atomic E-state index is 3.65. The Bertz CT molecular complexity index is 601. The summed E-state index contributed by atoms with van der Waals surface area (Å²) in [5.74, 6) is 0.854. The van der Waals surface area contributed by atoms with Gasteiger partial charge in [0.2, 0.25) is 0 Å². The first-order chi connectivity index (χ1) is 9.69. The first-order valence-electron chi connectivity index (χ1n) is 7.28. The highest BCUT2D eigenvalue weighted by molar-refractivity contribution is 9.10. The van der Waals surface area contributed by atoms with Gasteiger partial charge in [0.1, 0.15) is 0 Å². The fourth-order valence-corrected chi connectivity index (χ4v) is 4.46. The van der Waals surface area contributed by atoms with Crippen molar-refractivity contribution in [3.05, 3.63) is 45.2 Å². The molecule has 1 aliphatic carbocycles. The Morgan fingerprint density at radius 3 is 2.75 bits per heavy atom. The third-order valence-corrected chi connectivity index (χ3v) is 5.60. The number of halogens is 1. The summed E-state index contributed by atoms with van der Waals surface area (Å²) in [5, 5.41) is 3.65. The van der Waals surface area contributed by atoms with Crippen molar-refractivity contribution in [3.63, 3.8) is 0 Å². The molecule has 3 heteroatoms. The van der Waals surface area contributed by atoms with E-state index in [1.54, 1.807) is 0 Å². The largest absolute Gasteiger partial charge is 0.309 e. The Kier molecular flexibility index (Phi) is 4.29. The SMILES string of the molecule is CCNC(c1ccc(-c2ccc(Br)cc2C)s1)C1CC1. The first kappa shape index (κ1) is 14.3. The van der Waals surface area contributed by atoms with Gasteiger partial charge in [-0.3, -0.25) is 0 Å². The summed E-state index contributed by atoms with van der Waals surface area (Å²) in [6.07, 6.45) is 2.75. The Morgan fingerprint density at radius 2 is 2.10 bits per heavy atom. The van der Waals surface area contributed by atoms with Gasteiger partial charge in [-0.15, -0.1) is 11.3 Å². The van der Waals surface area contributed by atoms with Crippen LogP contribution < -0.4 is 5.32 Å². The highest BCUT2D eigenvalue weighted by Crippen LogP contribution is 2.44. The van der Waals surface area contributed by atoms with Gasteiger partial charge in [-0.2, -0.15) is 0 Å². The van der Waals surface area contributed by atoms with E-state index >= 15 is 0 Å². The summed E-state index contributed by atoms with van der Waals surface area (Å²) >= 11 is 5.48. The van der Waals surface area contributed by atoms with Crippen LogP contribution in [0.3, 0.4) is 0 Å². The van der Waals surface area contributed by atoms with Crippen molar-refractivity contribution in [1.29, 1.82) is 0 Å². The fraction of sp³-hybridized carbons (Fsp3) is 0.412. The third-order valence-electron chi connectivity index (χ3n) is 3.90. The van der Waals surface area contributed by atoms with E-state index in [0.29, 0.717) is 6.04 Å². The molecule has 1 saturated carbocycles. The monoisotopic (exact) mass is 349 g/mol. The highest BCUT2D eigenvalue weighted by Gasteiger charge is 2.32. The maximum Gasteiger partial charge on any atom is 0.0443 e. The molecule has 20 heavy (non-hydrogen) atoms. The molecular formula is C17H20BrNS. The van der Waals surface area contributed by atoms with Crippen molar-refractivity contribution < 1.29 is 0 Å². The molecule has 3 rings (SSSR count). The average Bonchev–Trinajstić information content (AvgIpc) is 3.14. The van der Waals surface area contributed by atoms with Gasteiger partial charge in [-0.25, -0.2) is 0 Å². The predicted molar refractivity (Wildman–Crippen MR) is 91.3 cm³/mol. The van der Waals surface area contributed by atoms with Crippen LogP contribution in [-0.4, -0.2) is 6.54 Å². The lowest BCUT2D eigenvalue weighted by molar-refractivity contribution is 0.504. The molecule has 0 bridgehead atoms. The van der Waals surface area contributed by atoms with Crippen LogP contribution in [0.15, 0.2) is 34.8 Å². The minimum atomic E-state index is 0.564. The topological polar surface area (TPSA) is 12.0 Å². The summed E-state index contributed by atoms with van der Waals surface area (Å²) in [6, 6.07) is 11.7. The van der Waals surface area contributed by atoms with E-state index < -0.39 is 0 Å². The number of hydrogen-bond donors (Lipinski definition) is 1. The van der Waals surface area contributed by atoms with Crippen LogP contribution in [0, 0.1) is 12.8 Å². The van der Waals surface area contributed by atoms with Crippen molar-refractivity contribution in [2.45, 2.75) is 32.7 Å². The molecule has 1 aromatic carbocycles. The Morgan fingerprint density at radius 1 is 1.30 bits per heavy atom. The van der Waals surface area contributed by atoms with Gasteiger partial charge in [0.25, 0.3) is 0 Å². The lowest BCUT2D eigenvalue weighted by atomic mass is 10.1. The normalized spacial score (nSPS) is 16.4. The molecule has 1 fully saturated rings. The lowest BCUT2D eigenvalue weighted by Gasteiger charge is -2.15. The van der Waals surface area contributed by atoms with Crippen LogP contribution in [0.4, 0.5) is 0 Å². The molecule has 0 saturated heterocycles. The quantitative estimate of drug-likeness (QED) is 0.746. The van der Waals surface area contributed by atoms with Crippen LogP contribution in [-0.2, 0) is 0 Å². The average molecular weight is 350 g/mol. The molecule has 0 spiro atoms. The standard InChI is InChI=1S/C17H20BrNS/c1-3-19-17(12-4-5-12)16-9-8-15(20-16)14-7-6-13(18)10-11(14)2/h6-10,12,17,19H,3-5H2,1-2H3. The van der Waals surface area contributed by atoms with Gasteiger partial charge >= 0.3 is 0 Å². The van der Waals surface area contributed by atoms with E-state index in [9.17, 15) is 0 Å². The van der Waals surface area contributed by atoms with E-state index in [4.69, 9.17) is 0 Å². The number of aryl methyl sites for hydroxylation is 1. The Hall–Kier alpha value is -0.640. The molecular weight excluding hydrogens is 330 g/mol. The van der Waals surface area contributed by atoms with Gasteiger partial charge in [0, 0.05) is 20.3 Å². The van der Waals surface area contributed by atoms with Gasteiger partial charge < -0.3 is 5.32 Å². The van der Waals surface area contributed by atoms with Gasteiger partial charge in [-0.1, -0.05) is 28.9 Å². The smallest absolute Gasteiger partial charge is 0.0443 e. The Labute approximate surface area is 133 Å². The molecule has 1 unspecified atom stereocenters. The first-order valence-corrected chi connectivity index (χ1v) is 8.89. The molecule has 1 heterocycles. The zero-order valence-electron chi connectivity index (χ0n) is 11.9. The van der Waals surface area contributed by atoms with Gasteiger partial charge in [0.15, 0.2) is 0 Å². The van der Waals surface area contributed by atoms with Crippen LogP contribution in [0.1, 0.15) is 36.2 Å². The second-order valence-corrected chi connectivity index (χ2v) is 7.57. The number of rotatable bonds is 5. The van der Waals surface area contributed by atoms with Crippen molar-refractivity contribution in [2.75, 3.05) is 6.54 Å². The minimum Gasteiger partial charge on any atom is -0.309 e. The molecule has 1 aliphatic rings. The molecule has 1 atom stereocenters. The van der Waals surface area contributed by atoms with E-state index in [-0.39, 0.29) is 0 Å². The summed E-state index contributed by atoms with van der Waals surface area (Å²) in [4.78, 5) is 2.88. The van der Waals surface area contributed by atoms with Crippen LogP contribution in [0.2, 0.25) is 0 Å². The summed E-state index contributed by atoms with van der Waals surface area (Å²) in [7, 11) is 0. The predicted octanol–water partition coefficient (Wildman–Crippen LogP) is 5.55. The molecule has 1 nitrogen and oxygen atoms in total. The van der Waals surface area contributed by atoms with Crippen molar-refractivity contribution >= 4 is 27.3 Å². The molecule has 1 N–H and O–H groups in total. The third kappa shape index (κ3) is 3.00. The van der Waals surface area contributed by atoms with E-state index in [1.807, 2.05) is 11.3 Å². The minimum absolute atomic E-state index is 0.564. The molecule has 0 amide bonds.